The molecule has 1 aliphatic heterocycles. The van der Waals surface area contributed by atoms with Gasteiger partial charge in [-0.15, -0.1) is 0 Å². The van der Waals surface area contributed by atoms with Crippen molar-refractivity contribution < 1.29 is 4.79 Å². The molecule has 20 heavy (non-hydrogen) atoms. The summed E-state index contributed by atoms with van der Waals surface area (Å²) in [5.41, 5.74) is 8.30. The largest absolute Gasteiger partial charge is 0.399 e. The van der Waals surface area contributed by atoms with Gasteiger partial charge in [0, 0.05) is 23.5 Å². The fraction of sp³-hybridized carbons (Fsp3) is 0.562. The molecule has 1 heterocycles. The number of amides is 1. The molecule has 2 unspecified atom stereocenters. The first-order valence-corrected chi connectivity index (χ1v) is 7.43. The lowest BCUT2D eigenvalue weighted by Crippen LogP contribution is -2.40. The molecule has 0 spiro atoms. The van der Waals surface area contributed by atoms with Crippen molar-refractivity contribution in [3.05, 3.63) is 23.8 Å². The van der Waals surface area contributed by atoms with Crippen LogP contribution < -0.4 is 11.1 Å². The summed E-state index contributed by atoms with van der Waals surface area (Å²) in [6.45, 7) is 6.83. The van der Waals surface area contributed by atoms with Crippen LogP contribution in [0.5, 0.6) is 0 Å². The highest BCUT2D eigenvalue weighted by Gasteiger charge is 2.30. The highest BCUT2D eigenvalue weighted by atomic mass is 16.2. The maximum Gasteiger partial charge on any atom is 0.238 e. The average molecular weight is 275 g/mol. The van der Waals surface area contributed by atoms with Crippen LogP contribution in [0.15, 0.2) is 18.2 Å². The zero-order chi connectivity index (χ0) is 14.7. The van der Waals surface area contributed by atoms with Gasteiger partial charge < -0.3 is 11.1 Å². The van der Waals surface area contributed by atoms with Crippen molar-refractivity contribution in [2.45, 2.75) is 52.1 Å². The summed E-state index contributed by atoms with van der Waals surface area (Å²) in [5.74, 6) is 0.0603. The second-order valence-corrected chi connectivity index (χ2v) is 5.78. The number of anilines is 2. The van der Waals surface area contributed by atoms with Gasteiger partial charge in [-0.2, -0.15) is 0 Å². The third-order valence-electron chi connectivity index (χ3n) is 4.27. The Morgan fingerprint density at radius 3 is 2.85 bits per heavy atom. The maximum absolute atomic E-state index is 12.2. The van der Waals surface area contributed by atoms with Crippen LogP contribution in [0.2, 0.25) is 0 Å². The van der Waals surface area contributed by atoms with E-state index in [1.807, 2.05) is 25.1 Å². The molecule has 2 atom stereocenters. The number of nitrogen functional groups attached to an aromatic ring is 1. The zero-order valence-corrected chi connectivity index (χ0v) is 12.6. The predicted octanol–water partition coefficient (Wildman–Crippen LogP) is 2.78. The third kappa shape index (κ3) is 3.31. The van der Waals surface area contributed by atoms with Gasteiger partial charge in [-0.1, -0.05) is 6.92 Å². The highest BCUT2D eigenvalue weighted by molar-refractivity contribution is 5.93. The van der Waals surface area contributed by atoms with Crippen molar-refractivity contribution in [3.63, 3.8) is 0 Å². The first-order valence-electron chi connectivity index (χ1n) is 7.43. The lowest BCUT2D eigenvalue weighted by atomic mass is 10.1. The van der Waals surface area contributed by atoms with E-state index >= 15 is 0 Å². The van der Waals surface area contributed by atoms with Crippen molar-refractivity contribution >= 4 is 17.3 Å². The Balaban J connectivity index is 1.98. The van der Waals surface area contributed by atoms with E-state index in [1.54, 1.807) is 0 Å². The lowest BCUT2D eigenvalue weighted by Gasteiger charge is -2.27. The normalized spacial score (nSPS) is 22.9. The quantitative estimate of drug-likeness (QED) is 0.831. The SMILES string of the molecule is CCC1CCC(C)N1CC(=O)Nc1ccc(N)cc1C. The van der Waals surface area contributed by atoms with E-state index in [1.165, 1.54) is 12.8 Å². The fourth-order valence-corrected chi connectivity index (χ4v) is 3.03. The Labute approximate surface area is 121 Å². The molecular formula is C16H25N3O. The first-order chi connectivity index (χ1) is 9.51. The molecule has 1 fully saturated rings. The second-order valence-electron chi connectivity index (χ2n) is 5.78. The first kappa shape index (κ1) is 14.9. The van der Waals surface area contributed by atoms with Crippen LogP contribution in [0.4, 0.5) is 11.4 Å². The summed E-state index contributed by atoms with van der Waals surface area (Å²) >= 11 is 0. The molecule has 4 heteroatoms. The van der Waals surface area contributed by atoms with Crippen molar-refractivity contribution in [1.82, 2.24) is 4.90 Å². The number of benzene rings is 1. The Morgan fingerprint density at radius 2 is 2.20 bits per heavy atom. The highest BCUT2D eigenvalue weighted by Crippen LogP contribution is 2.25. The van der Waals surface area contributed by atoms with E-state index in [4.69, 9.17) is 5.73 Å². The van der Waals surface area contributed by atoms with Gasteiger partial charge in [0.1, 0.15) is 0 Å². The number of nitrogens with zero attached hydrogens (tertiary/aromatic N) is 1. The standard InChI is InChI=1S/C16H25N3O/c1-4-14-7-5-12(3)19(14)10-16(20)18-15-8-6-13(17)9-11(15)2/h6,8-9,12,14H,4-5,7,10,17H2,1-3H3,(H,18,20). The van der Waals surface area contributed by atoms with Crippen molar-refractivity contribution in [3.8, 4) is 0 Å². The maximum atomic E-state index is 12.2. The Kier molecular flexibility index (Phi) is 4.65. The predicted molar refractivity (Wildman–Crippen MR) is 83.7 cm³/mol. The third-order valence-corrected chi connectivity index (χ3v) is 4.27. The smallest absolute Gasteiger partial charge is 0.238 e. The van der Waals surface area contributed by atoms with Gasteiger partial charge in [-0.25, -0.2) is 0 Å². The number of carbonyl (C=O) groups is 1. The van der Waals surface area contributed by atoms with Crippen LogP contribution in [-0.4, -0.2) is 29.4 Å². The van der Waals surface area contributed by atoms with Crippen LogP contribution in [-0.2, 0) is 4.79 Å². The fourth-order valence-electron chi connectivity index (χ4n) is 3.03. The second kappa shape index (κ2) is 6.27. The number of hydrogen-bond donors (Lipinski definition) is 2. The van der Waals surface area contributed by atoms with E-state index in [9.17, 15) is 4.79 Å². The van der Waals surface area contributed by atoms with E-state index in [0.29, 0.717) is 18.6 Å². The molecule has 0 radical (unpaired) electrons. The molecule has 0 bridgehead atoms. The van der Waals surface area contributed by atoms with Gasteiger partial charge >= 0.3 is 0 Å². The number of nitrogens with one attached hydrogen (secondary N) is 1. The average Bonchev–Trinajstić information content (AvgIpc) is 2.74. The number of aryl methyl sites for hydroxylation is 1. The van der Waals surface area contributed by atoms with Crippen molar-refractivity contribution in [1.29, 1.82) is 0 Å². The molecule has 3 N–H and O–H groups in total. The van der Waals surface area contributed by atoms with Crippen LogP contribution in [0.25, 0.3) is 0 Å². The molecule has 0 saturated carbocycles. The van der Waals surface area contributed by atoms with Gasteiger partial charge in [0.15, 0.2) is 0 Å². The van der Waals surface area contributed by atoms with E-state index in [-0.39, 0.29) is 5.91 Å². The Hall–Kier alpha value is -1.55. The Bertz CT molecular complexity index is 487. The van der Waals surface area contributed by atoms with Gasteiger partial charge in [0.2, 0.25) is 5.91 Å². The zero-order valence-electron chi connectivity index (χ0n) is 12.6. The van der Waals surface area contributed by atoms with Crippen LogP contribution in [0.1, 0.15) is 38.7 Å². The van der Waals surface area contributed by atoms with Gasteiger partial charge in [0.05, 0.1) is 6.54 Å². The van der Waals surface area contributed by atoms with Crippen molar-refractivity contribution in [2.24, 2.45) is 0 Å². The van der Waals surface area contributed by atoms with E-state index in [0.717, 1.165) is 23.4 Å². The Morgan fingerprint density at radius 1 is 1.45 bits per heavy atom. The molecule has 2 rings (SSSR count). The number of nitrogens with two attached hydrogens (primary N) is 1. The minimum Gasteiger partial charge on any atom is -0.399 e. The molecule has 1 aromatic rings. The van der Waals surface area contributed by atoms with Gasteiger partial charge in [-0.3, -0.25) is 9.69 Å². The molecule has 110 valence electrons. The summed E-state index contributed by atoms with van der Waals surface area (Å²) in [6.07, 6.45) is 3.50. The van der Waals surface area contributed by atoms with Crippen LogP contribution in [0, 0.1) is 6.92 Å². The molecule has 4 nitrogen and oxygen atoms in total. The number of hydrogen-bond acceptors (Lipinski definition) is 3. The summed E-state index contributed by atoms with van der Waals surface area (Å²) < 4.78 is 0. The number of carbonyl (C=O) groups excluding carboxylic acids is 1. The molecule has 1 amide bonds. The monoisotopic (exact) mass is 275 g/mol. The minimum absolute atomic E-state index is 0.0603. The summed E-state index contributed by atoms with van der Waals surface area (Å²) in [4.78, 5) is 14.5. The van der Waals surface area contributed by atoms with Gasteiger partial charge in [-0.05, 0) is 56.9 Å². The van der Waals surface area contributed by atoms with E-state index in [2.05, 4.69) is 24.1 Å². The molecule has 1 saturated heterocycles. The topological polar surface area (TPSA) is 58.4 Å². The van der Waals surface area contributed by atoms with Gasteiger partial charge in [0.25, 0.3) is 0 Å². The number of likely N-dealkylation sites (tertiary alicyclic amines) is 1. The van der Waals surface area contributed by atoms with Crippen LogP contribution in [0.3, 0.4) is 0 Å². The van der Waals surface area contributed by atoms with E-state index < -0.39 is 0 Å². The summed E-state index contributed by atoms with van der Waals surface area (Å²) in [6, 6.07) is 6.60. The molecule has 0 aliphatic carbocycles. The molecule has 0 aromatic heterocycles. The molecular weight excluding hydrogens is 250 g/mol. The number of rotatable bonds is 4. The summed E-state index contributed by atoms with van der Waals surface area (Å²) in [5, 5.41) is 2.99. The summed E-state index contributed by atoms with van der Waals surface area (Å²) in [7, 11) is 0. The molecule has 1 aliphatic rings. The van der Waals surface area contributed by atoms with Crippen LogP contribution >= 0.6 is 0 Å². The minimum atomic E-state index is 0.0603. The lowest BCUT2D eigenvalue weighted by molar-refractivity contribution is -0.118. The van der Waals surface area contributed by atoms with Crippen molar-refractivity contribution in [2.75, 3.05) is 17.6 Å². The molecule has 1 aromatic carbocycles.